The fraction of sp³-hybridized carbons (Fsp3) is 0.577. The van der Waals surface area contributed by atoms with Crippen LogP contribution in [0.4, 0.5) is 5.69 Å². The van der Waals surface area contributed by atoms with Crippen LogP contribution in [0.25, 0.3) is 0 Å². The summed E-state index contributed by atoms with van der Waals surface area (Å²) in [6.07, 6.45) is -0.952. The van der Waals surface area contributed by atoms with E-state index in [4.69, 9.17) is 14.2 Å². The zero-order valence-electron chi connectivity index (χ0n) is 21.8. The molecule has 11 nitrogen and oxygen atoms in total. The third kappa shape index (κ3) is 7.93. The highest BCUT2D eigenvalue weighted by Gasteiger charge is 2.43. The first-order chi connectivity index (χ1) is 17.5. The Labute approximate surface area is 216 Å². The van der Waals surface area contributed by atoms with Gasteiger partial charge in [-0.05, 0) is 38.3 Å². The molecule has 0 bridgehead atoms. The second kappa shape index (κ2) is 13.6. The number of unbranched alkanes of at least 4 members (excludes halogenated alkanes) is 1. The van der Waals surface area contributed by atoms with Crippen LogP contribution >= 0.6 is 0 Å². The van der Waals surface area contributed by atoms with Gasteiger partial charge in [-0.15, -0.1) is 0 Å². The van der Waals surface area contributed by atoms with Crippen LogP contribution < -0.4 is 10.6 Å². The van der Waals surface area contributed by atoms with Crippen LogP contribution in [0, 0.1) is 11.8 Å². The standard InChI is InChI=1S/C26H36N2O9/c1-6-7-9-18-23(37-20(30)12-14(2)3)16(5)36-26(34)21(15(4)35-25(18)33)28-24(32)17-10-8-11-19(22(17)31)27-13-29/h8,10-11,13-16,18,21,23,31H,6-7,9,12H2,1-5H3,(H,27,29)(H,28,32)/t15?,16-,18+,21?,23?/m0/s1. The monoisotopic (exact) mass is 520 g/mol. The summed E-state index contributed by atoms with van der Waals surface area (Å²) in [6, 6.07) is 2.70. The molecule has 1 heterocycles. The molecule has 2 amide bonds. The van der Waals surface area contributed by atoms with E-state index in [9.17, 15) is 29.1 Å². The van der Waals surface area contributed by atoms with Gasteiger partial charge < -0.3 is 30.0 Å². The lowest BCUT2D eigenvalue weighted by atomic mass is 9.92. The Morgan fingerprint density at radius 2 is 1.81 bits per heavy atom. The van der Waals surface area contributed by atoms with Crippen molar-refractivity contribution in [1.82, 2.24) is 5.32 Å². The summed E-state index contributed by atoms with van der Waals surface area (Å²) in [7, 11) is 0. The van der Waals surface area contributed by atoms with Gasteiger partial charge in [0.25, 0.3) is 5.91 Å². The van der Waals surface area contributed by atoms with E-state index in [-0.39, 0.29) is 23.6 Å². The van der Waals surface area contributed by atoms with Crippen molar-refractivity contribution in [2.24, 2.45) is 11.8 Å². The van der Waals surface area contributed by atoms with E-state index >= 15 is 0 Å². The van der Waals surface area contributed by atoms with Gasteiger partial charge in [0, 0.05) is 6.42 Å². The number of carbonyl (C=O) groups is 5. The molecule has 3 unspecified atom stereocenters. The Morgan fingerprint density at radius 3 is 2.43 bits per heavy atom. The Bertz CT molecular complexity index is 994. The minimum atomic E-state index is -1.42. The largest absolute Gasteiger partial charge is 0.505 e. The molecule has 0 saturated carbocycles. The number of benzene rings is 1. The van der Waals surface area contributed by atoms with Crippen molar-refractivity contribution in [2.45, 2.75) is 84.7 Å². The molecule has 1 aromatic rings. The van der Waals surface area contributed by atoms with E-state index in [2.05, 4.69) is 10.6 Å². The molecular formula is C26H36N2O9. The molecule has 1 fully saturated rings. The minimum Gasteiger partial charge on any atom is -0.505 e. The van der Waals surface area contributed by atoms with Gasteiger partial charge in [-0.2, -0.15) is 0 Å². The van der Waals surface area contributed by atoms with Crippen LogP contribution in [-0.4, -0.2) is 59.7 Å². The van der Waals surface area contributed by atoms with Crippen LogP contribution in [0.1, 0.15) is 70.7 Å². The zero-order valence-corrected chi connectivity index (χ0v) is 21.8. The highest BCUT2D eigenvalue weighted by atomic mass is 16.6. The molecule has 0 spiro atoms. The summed E-state index contributed by atoms with van der Waals surface area (Å²) in [5.74, 6) is -4.29. The molecule has 1 aromatic carbocycles. The van der Waals surface area contributed by atoms with E-state index in [1.165, 1.54) is 32.0 Å². The van der Waals surface area contributed by atoms with Crippen LogP contribution in [0.15, 0.2) is 18.2 Å². The van der Waals surface area contributed by atoms with Gasteiger partial charge in [-0.25, -0.2) is 4.79 Å². The van der Waals surface area contributed by atoms with Crippen molar-refractivity contribution in [3.8, 4) is 5.75 Å². The quantitative estimate of drug-likeness (QED) is 0.183. The summed E-state index contributed by atoms with van der Waals surface area (Å²) >= 11 is 0. The summed E-state index contributed by atoms with van der Waals surface area (Å²) in [5.41, 5.74) is -0.218. The number of anilines is 1. The van der Waals surface area contributed by atoms with E-state index < -0.39 is 59.8 Å². The van der Waals surface area contributed by atoms with Gasteiger partial charge in [0.05, 0.1) is 17.2 Å². The smallest absolute Gasteiger partial charge is 0.332 e. The second-order valence-corrected chi connectivity index (χ2v) is 9.50. The third-order valence-corrected chi connectivity index (χ3v) is 5.98. The summed E-state index contributed by atoms with van der Waals surface area (Å²) in [4.78, 5) is 62.5. The Balaban J connectivity index is 2.34. The fourth-order valence-corrected chi connectivity index (χ4v) is 4.03. The van der Waals surface area contributed by atoms with Crippen LogP contribution in [0.2, 0.25) is 0 Å². The molecule has 1 aliphatic rings. The number of phenolic OH excluding ortho intramolecular Hbond substituents is 1. The first-order valence-electron chi connectivity index (χ1n) is 12.4. The molecule has 37 heavy (non-hydrogen) atoms. The minimum absolute atomic E-state index is 0.00221. The van der Waals surface area contributed by atoms with Crippen molar-refractivity contribution >= 4 is 35.9 Å². The van der Waals surface area contributed by atoms with Gasteiger partial charge in [-0.1, -0.05) is 39.7 Å². The molecule has 0 aliphatic carbocycles. The molecule has 2 rings (SSSR count). The predicted molar refractivity (Wildman–Crippen MR) is 133 cm³/mol. The number of aromatic hydroxyl groups is 1. The number of hydrogen-bond donors (Lipinski definition) is 3. The molecule has 1 aliphatic heterocycles. The third-order valence-electron chi connectivity index (χ3n) is 5.98. The average Bonchev–Trinajstić information content (AvgIpc) is 2.84. The van der Waals surface area contributed by atoms with Gasteiger partial charge in [-0.3, -0.25) is 19.2 Å². The number of carbonyl (C=O) groups excluding carboxylic acids is 5. The predicted octanol–water partition coefficient (Wildman–Crippen LogP) is 2.70. The van der Waals surface area contributed by atoms with E-state index in [1.807, 2.05) is 20.8 Å². The Hall–Kier alpha value is -3.63. The highest BCUT2D eigenvalue weighted by Crippen LogP contribution is 2.29. The van der Waals surface area contributed by atoms with Crippen molar-refractivity contribution in [3.05, 3.63) is 23.8 Å². The maximum atomic E-state index is 13.2. The molecule has 1 saturated heterocycles. The summed E-state index contributed by atoms with van der Waals surface area (Å²) < 4.78 is 16.8. The number of ether oxygens (including phenoxy) is 3. The second-order valence-electron chi connectivity index (χ2n) is 9.50. The number of nitrogens with one attached hydrogen (secondary N) is 2. The molecule has 0 radical (unpaired) electrons. The first-order valence-corrected chi connectivity index (χ1v) is 12.4. The normalized spacial score (nSPS) is 24.1. The van der Waals surface area contributed by atoms with E-state index in [0.717, 1.165) is 6.42 Å². The topological polar surface area (TPSA) is 157 Å². The molecule has 3 N–H and O–H groups in total. The Kier molecular flexibility index (Phi) is 10.9. The van der Waals surface area contributed by atoms with Crippen molar-refractivity contribution in [3.63, 3.8) is 0 Å². The summed E-state index contributed by atoms with van der Waals surface area (Å²) in [5, 5.41) is 15.1. The fourth-order valence-electron chi connectivity index (χ4n) is 4.03. The van der Waals surface area contributed by atoms with Gasteiger partial charge >= 0.3 is 17.9 Å². The van der Waals surface area contributed by atoms with E-state index in [0.29, 0.717) is 19.3 Å². The van der Waals surface area contributed by atoms with Gasteiger partial charge in [0.15, 0.2) is 17.9 Å². The SMILES string of the molecule is CCCC[C@H]1C(=O)OC(C)C(NC(=O)c2cccc(NC=O)c2O)C(=O)O[C@@H](C)C1OC(=O)CC(C)C. The lowest BCUT2D eigenvalue weighted by Gasteiger charge is -2.29. The average molecular weight is 521 g/mol. The Morgan fingerprint density at radius 1 is 1.14 bits per heavy atom. The maximum Gasteiger partial charge on any atom is 0.332 e. The lowest BCUT2D eigenvalue weighted by molar-refractivity contribution is -0.175. The van der Waals surface area contributed by atoms with Crippen LogP contribution in [0.3, 0.4) is 0 Å². The van der Waals surface area contributed by atoms with Crippen LogP contribution in [-0.2, 0) is 33.4 Å². The zero-order chi connectivity index (χ0) is 27.7. The lowest BCUT2D eigenvalue weighted by Crippen LogP contribution is -2.50. The number of amides is 2. The number of cyclic esters (lactones) is 2. The molecule has 0 aromatic heterocycles. The van der Waals surface area contributed by atoms with Crippen molar-refractivity contribution < 1.29 is 43.3 Å². The van der Waals surface area contributed by atoms with Crippen molar-refractivity contribution in [2.75, 3.05) is 5.32 Å². The van der Waals surface area contributed by atoms with E-state index in [1.54, 1.807) is 0 Å². The maximum absolute atomic E-state index is 13.2. The van der Waals surface area contributed by atoms with Crippen LogP contribution in [0.5, 0.6) is 5.75 Å². The number of hydrogen-bond acceptors (Lipinski definition) is 9. The molecule has 204 valence electrons. The number of para-hydroxylation sites is 1. The van der Waals surface area contributed by atoms with Crippen molar-refractivity contribution in [1.29, 1.82) is 0 Å². The van der Waals surface area contributed by atoms with Gasteiger partial charge in [0.2, 0.25) is 6.41 Å². The summed E-state index contributed by atoms with van der Waals surface area (Å²) in [6.45, 7) is 8.61. The first kappa shape index (κ1) is 29.6. The highest BCUT2D eigenvalue weighted by molar-refractivity contribution is 6.01. The number of phenols is 1. The molecule has 11 heteroatoms. The molecular weight excluding hydrogens is 484 g/mol. The van der Waals surface area contributed by atoms with Gasteiger partial charge in [0.1, 0.15) is 12.2 Å². The molecule has 5 atom stereocenters. The number of rotatable bonds is 10. The number of esters is 3.